The maximum atomic E-state index is 13.3. The molecule has 0 N–H and O–H groups in total. The van der Waals surface area contributed by atoms with E-state index in [1.54, 1.807) is 12.1 Å². The van der Waals surface area contributed by atoms with Crippen molar-refractivity contribution in [3.8, 4) is 5.75 Å². The maximum Gasteiger partial charge on any atom is 0.235 e. The summed E-state index contributed by atoms with van der Waals surface area (Å²) in [5.41, 5.74) is 0.176. The van der Waals surface area contributed by atoms with Gasteiger partial charge in [0.05, 0.1) is 11.6 Å². The summed E-state index contributed by atoms with van der Waals surface area (Å²) in [6, 6.07) is 2.90. The van der Waals surface area contributed by atoms with Gasteiger partial charge in [-0.2, -0.15) is 4.99 Å². The summed E-state index contributed by atoms with van der Waals surface area (Å²) in [6.07, 6.45) is 3.09. The third kappa shape index (κ3) is 1.77. The van der Waals surface area contributed by atoms with Crippen LogP contribution in [0.25, 0.3) is 0 Å². The van der Waals surface area contributed by atoms with Crippen LogP contribution in [0.1, 0.15) is 18.4 Å². The molecule has 1 aromatic carbocycles. The fourth-order valence-electron chi connectivity index (χ4n) is 1.71. The van der Waals surface area contributed by atoms with Gasteiger partial charge in [-0.25, -0.2) is 9.18 Å². The molecule has 3 nitrogen and oxygen atoms in total. The van der Waals surface area contributed by atoms with Gasteiger partial charge in [0, 0.05) is 11.6 Å². The molecule has 0 amide bonds. The second kappa shape index (κ2) is 4.00. The molecule has 0 bridgehead atoms. The molecule has 1 aromatic rings. The van der Waals surface area contributed by atoms with Crippen molar-refractivity contribution in [2.24, 2.45) is 4.99 Å². The van der Waals surface area contributed by atoms with E-state index in [9.17, 15) is 9.18 Å². The Kier molecular flexibility index (Phi) is 2.82. The molecule has 1 fully saturated rings. The number of benzene rings is 1. The Bertz CT molecular complexity index is 479. The third-order valence-corrected chi connectivity index (χ3v) is 3.33. The lowest BCUT2D eigenvalue weighted by atomic mass is 10.0. The van der Waals surface area contributed by atoms with Gasteiger partial charge in [-0.3, -0.25) is 0 Å². The Morgan fingerprint density at radius 3 is 2.75 bits per heavy atom. The van der Waals surface area contributed by atoms with Crippen LogP contribution in [0.4, 0.5) is 4.39 Å². The molecule has 0 heterocycles. The predicted octanol–water partition coefficient (Wildman–Crippen LogP) is 2.92. The number of isocyanates is 1. The zero-order valence-electron chi connectivity index (χ0n) is 8.59. The Morgan fingerprint density at radius 2 is 2.25 bits per heavy atom. The van der Waals surface area contributed by atoms with E-state index in [0.717, 1.165) is 18.4 Å². The van der Waals surface area contributed by atoms with E-state index in [0.29, 0.717) is 10.2 Å². The molecule has 5 heteroatoms. The quantitative estimate of drug-likeness (QED) is 0.633. The average molecular weight is 286 g/mol. The van der Waals surface area contributed by atoms with E-state index in [4.69, 9.17) is 4.74 Å². The molecule has 1 aliphatic rings. The third-order valence-electron chi connectivity index (χ3n) is 2.73. The van der Waals surface area contributed by atoms with Crippen LogP contribution < -0.4 is 4.74 Å². The highest BCUT2D eigenvalue weighted by molar-refractivity contribution is 9.10. The van der Waals surface area contributed by atoms with Crippen LogP contribution in [-0.2, 0) is 10.3 Å². The van der Waals surface area contributed by atoms with Gasteiger partial charge in [0.15, 0.2) is 0 Å². The molecule has 0 radical (unpaired) electrons. The summed E-state index contributed by atoms with van der Waals surface area (Å²) in [6.45, 7) is 0. The first-order valence-corrected chi connectivity index (χ1v) is 5.55. The average Bonchev–Trinajstić information content (AvgIpc) is 3.03. The zero-order valence-corrected chi connectivity index (χ0v) is 10.2. The maximum absolute atomic E-state index is 13.3. The first-order chi connectivity index (χ1) is 7.63. The minimum Gasteiger partial charge on any atom is -0.496 e. The number of aliphatic imine (C=N–C) groups is 1. The number of halogens is 2. The second-order valence-corrected chi connectivity index (χ2v) is 4.56. The lowest BCUT2D eigenvalue weighted by Crippen LogP contribution is -2.06. The number of rotatable bonds is 3. The van der Waals surface area contributed by atoms with Crippen LogP contribution in [0.2, 0.25) is 0 Å². The van der Waals surface area contributed by atoms with Crippen molar-refractivity contribution >= 4 is 22.0 Å². The molecular formula is C11H9BrFNO2. The highest BCUT2D eigenvalue weighted by atomic mass is 79.9. The molecule has 16 heavy (non-hydrogen) atoms. The van der Waals surface area contributed by atoms with Gasteiger partial charge >= 0.3 is 0 Å². The molecule has 1 saturated carbocycles. The van der Waals surface area contributed by atoms with Crippen LogP contribution in [-0.4, -0.2) is 13.2 Å². The van der Waals surface area contributed by atoms with Gasteiger partial charge in [-0.05, 0) is 34.8 Å². The monoisotopic (exact) mass is 285 g/mol. The molecule has 0 spiro atoms. The lowest BCUT2D eigenvalue weighted by Gasteiger charge is -2.14. The molecule has 1 aliphatic carbocycles. The summed E-state index contributed by atoms with van der Waals surface area (Å²) in [7, 11) is 1.47. The predicted molar refractivity (Wildman–Crippen MR) is 59.7 cm³/mol. The van der Waals surface area contributed by atoms with E-state index >= 15 is 0 Å². The van der Waals surface area contributed by atoms with Gasteiger partial charge in [-0.1, -0.05) is 0 Å². The summed E-state index contributed by atoms with van der Waals surface area (Å²) in [5.74, 6) is 0.0173. The number of hydrogen-bond acceptors (Lipinski definition) is 3. The summed E-state index contributed by atoms with van der Waals surface area (Å²) >= 11 is 3.11. The molecule has 0 unspecified atom stereocenters. The second-order valence-electron chi connectivity index (χ2n) is 3.70. The first-order valence-electron chi connectivity index (χ1n) is 4.75. The molecule has 84 valence electrons. The van der Waals surface area contributed by atoms with Gasteiger partial charge in [-0.15, -0.1) is 0 Å². The van der Waals surface area contributed by atoms with E-state index < -0.39 is 11.4 Å². The fourth-order valence-corrected chi connectivity index (χ4v) is 2.05. The Labute approximate surface area is 100 Å². The topological polar surface area (TPSA) is 38.7 Å². The van der Waals surface area contributed by atoms with Crippen molar-refractivity contribution in [1.82, 2.24) is 0 Å². The SMILES string of the molecule is COc1cc(F)c(Br)cc1C1(N=C=O)CC1. The van der Waals surface area contributed by atoms with E-state index in [2.05, 4.69) is 20.9 Å². The van der Waals surface area contributed by atoms with Gasteiger partial charge in [0.25, 0.3) is 0 Å². The van der Waals surface area contributed by atoms with Crippen LogP contribution in [0.3, 0.4) is 0 Å². The van der Waals surface area contributed by atoms with E-state index in [1.165, 1.54) is 13.2 Å². The number of ether oxygens (including phenoxy) is 1. The smallest absolute Gasteiger partial charge is 0.235 e. The molecule has 2 rings (SSSR count). The largest absolute Gasteiger partial charge is 0.496 e. The van der Waals surface area contributed by atoms with Crippen molar-refractivity contribution in [3.05, 3.63) is 28.0 Å². The number of carbonyl (C=O) groups excluding carboxylic acids is 1. The first kappa shape index (κ1) is 11.3. The van der Waals surface area contributed by atoms with Crippen molar-refractivity contribution < 1.29 is 13.9 Å². The zero-order chi connectivity index (χ0) is 11.8. The standard InChI is InChI=1S/C11H9BrFNO2/c1-16-10-5-9(13)8(12)4-7(10)11(2-3-11)14-6-15/h4-5H,2-3H2,1H3. The summed E-state index contributed by atoms with van der Waals surface area (Å²) < 4.78 is 18.8. The van der Waals surface area contributed by atoms with Crippen LogP contribution in [0.5, 0.6) is 5.75 Å². The minimum absolute atomic E-state index is 0.343. The highest BCUT2D eigenvalue weighted by Gasteiger charge is 2.47. The van der Waals surface area contributed by atoms with Crippen molar-refractivity contribution in [2.45, 2.75) is 18.4 Å². The van der Waals surface area contributed by atoms with Crippen LogP contribution >= 0.6 is 15.9 Å². The van der Waals surface area contributed by atoms with Crippen molar-refractivity contribution in [2.75, 3.05) is 7.11 Å². The molecule has 0 aromatic heterocycles. The molecule has 0 atom stereocenters. The highest BCUT2D eigenvalue weighted by Crippen LogP contribution is 2.53. The molecular weight excluding hydrogens is 277 g/mol. The lowest BCUT2D eigenvalue weighted by molar-refractivity contribution is 0.400. The van der Waals surface area contributed by atoms with Gasteiger partial charge < -0.3 is 4.74 Å². The van der Waals surface area contributed by atoms with Crippen molar-refractivity contribution in [1.29, 1.82) is 0 Å². The molecule has 0 aliphatic heterocycles. The molecule has 0 saturated heterocycles. The van der Waals surface area contributed by atoms with Crippen molar-refractivity contribution in [3.63, 3.8) is 0 Å². The van der Waals surface area contributed by atoms with E-state index in [-0.39, 0.29) is 0 Å². The summed E-state index contributed by atoms with van der Waals surface area (Å²) in [5, 5.41) is 0. The minimum atomic E-state index is -0.552. The van der Waals surface area contributed by atoms with Gasteiger partial charge in [0.2, 0.25) is 6.08 Å². The Morgan fingerprint density at radius 1 is 1.56 bits per heavy atom. The number of hydrogen-bond donors (Lipinski definition) is 0. The fraction of sp³-hybridized carbons (Fsp3) is 0.364. The van der Waals surface area contributed by atoms with Crippen LogP contribution in [0, 0.1) is 5.82 Å². The Hall–Kier alpha value is -1.19. The summed E-state index contributed by atoms with van der Waals surface area (Å²) in [4.78, 5) is 14.2. The normalized spacial score (nSPS) is 16.4. The van der Waals surface area contributed by atoms with Gasteiger partial charge in [0.1, 0.15) is 17.1 Å². The van der Waals surface area contributed by atoms with Crippen LogP contribution in [0.15, 0.2) is 21.6 Å². The number of methoxy groups -OCH3 is 1. The van der Waals surface area contributed by atoms with E-state index in [1.807, 2.05) is 0 Å². The number of nitrogens with zero attached hydrogens (tertiary/aromatic N) is 1. The Balaban J connectivity index is 2.55.